The van der Waals surface area contributed by atoms with E-state index in [2.05, 4.69) is 4.36 Å². The fourth-order valence-corrected chi connectivity index (χ4v) is 4.46. The molecule has 1 heterocycles. The molecule has 1 unspecified atom stereocenters. The van der Waals surface area contributed by atoms with Crippen LogP contribution in [-0.2, 0) is 14.5 Å². The van der Waals surface area contributed by atoms with Crippen LogP contribution in [0.25, 0.3) is 0 Å². The molecular weight excluding hydrogens is 312 g/mol. The normalized spacial score (nSPS) is 20.5. The molecule has 124 valence electrons. The smallest absolute Gasteiger partial charge is 0.285 e. The third-order valence-corrected chi connectivity index (χ3v) is 5.96. The minimum Gasteiger partial charge on any atom is -0.342 e. The van der Waals surface area contributed by atoms with E-state index in [0.717, 1.165) is 18.4 Å². The number of likely N-dealkylation sites (tertiary alicyclic amines) is 1. The van der Waals surface area contributed by atoms with Gasteiger partial charge in [-0.25, -0.2) is 4.21 Å². The van der Waals surface area contributed by atoms with Crippen LogP contribution in [0.15, 0.2) is 28.6 Å². The average Bonchev–Trinajstić information content (AvgIpc) is 3.26. The zero-order valence-corrected chi connectivity index (χ0v) is 14.3. The van der Waals surface area contributed by atoms with Crippen LogP contribution in [0, 0.1) is 18.8 Å². The fraction of sp³-hybridized carbons (Fsp3) is 0.529. The molecule has 1 aliphatic heterocycles. The van der Waals surface area contributed by atoms with Gasteiger partial charge in [-0.05, 0) is 31.9 Å². The average molecular weight is 334 g/mol. The lowest BCUT2D eigenvalue weighted by molar-refractivity contribution is -0.138. The molecule has 3 rings (SSSR count). The van der Waals surface area contributed by atoms with Crippen LogP contribution in [0.4, 0.5) is 0 Å². The van der Waals surface area contributed by atoms with E-state index in [1.54, 1.807) is 12.1 Å². The molecule has 1 atom stereocenters. The Balaban J connectivity index is 1.58. The van der Waals surface area contributed by atoms with Crippen molar-refractivity contribution in [2.24, 2.45) is 16.2 Å². The first-order valence-electron chi connectivity index (χ1n) is 7.94. The Bertz CT molecular complexity index is 738. The Kier molecular flexibility index (Phi) is 4.27. The van der Waals surface area contributed by atoms with Crippen LogP contribution < -0.4 is 0 Å². The molecule has 23 heavy (non-hydrogen) atoms. The second-order valence-electron chi connectivity index (χ2n) is 6.77. The monoisotopic (exact) mass is 334 g/mol. The van der Waals surface area contributed by atoms with Gasteiger partial charge in [-0.1, -0.05) is 17.7 Å². The summed E-state index contributed by atoms with van der Waals surface area (Å²) in [5, 5.41) is 0. The van der Waals surface area contributed by atoms with Crippen LogP contribution in [0.3, 0.4) is 0 Å². The highest BCUT2D eigenvalue weighted by molar-refractivity contribution is 7.93. The van der Waals surface area contributed by atoms with Crippen LogP contribution in [0.1, 0.15) is 28.8 Å². The zero-order chi connectivity index (χ0) is 16.6. The lowest BCUT2D eigenvalue weighted by atomic mass is 10.0. The summed E-state index contributed by atoms with van der Waals surface area (Å²) in [6.45, 7) is 3.24. The fourth-order valence-electron chi connectivity index (χ4n) is 2.84. The van der Waals surface area contributed by atoms with Gasteiger partial charge in [0.1, 0.15) is 0 Å². The van der Waals surface area contributed by atoms with Gasteiger partial charge in [0.25, 0.3) is 5.91 Å². The molecule has 5 nitrogen and oxygen atoms in total. The molecule has 6 heteroatoms. The molecule has 0 radical (unpaired) electrons. The number of amides is 2. The molecular formula is C17H22N2O3S. The molecule has 0 bridgehead atoms. The largest absolute Gasteiger partial charge is 0.342 e. The Hall–Kier alpha value is -1.69. The van der Waals surface area contributed by atoms with Crippen LogP contribution in [0.2, 0.25) is 0 Å². The van der Waals surface area contributed by atoms with Crippen molar-refractivity contribution in [3.8, 4) is 0 Å². The van der Waals surface area contributed by atoms with Crippen molar-refractivity contribution >= 4 is 21.5 Å². The summed E-state index contributed by atoms with van der Waals surface area (Å²) in [6, 6.07) is 7.09. The van der Waals surface area contributed by atoms with E-state index in [-0.39, 0.29) is 17.7 Å². The van der Waals surface area contributed by atoms with Crippen molar-refractivity contribution < 1.29 is 13.8 Å². The third-order valence-electron chi connectivity index (χ3n) is 4.31. The van der Waals surface area contributed by atoms with E-state index in [1.165, 1.54) is 6.26 Å². The minimum absolute atomic E-state index is 0.185. The number of benzene rings is 1. The summed E-state index contributed by atoms with van der Waals surface area (Å²) >= 11 is 0. The van der Waals surface area contributed by atoms with E-state index in [4.69, 9.17) is 0 Å². The quantitative estimate of drug-likeness (QED) is 0.847. The van der Waals surface area contributed by atoms with Crippen LogP contribution >= 0.6 is 0 Å². The van der Waals surface area contributed by atoms with Gasteiger partial charge in [-0.15, -0.1) is 0 Å². The highest BCUT2D eigenvalue weighted by Crippen LogP contribution is 2.33. The Morgan fingerprint density at radius 2 is 1.83 bits per heavy atom. The minimum atomic E-state index is -2.57. The third kappa shape index (κ3) is 3.99. The Morgan fingerprint density at radius 1 is 1.22 bits per heavy atom. The highest BCUT2D eigenvalue weighted by atomic mass is 32.2. The highest BCUT2D eigenvalue weighted by Gasteiger charge is 2.39. The number of hydrogen-bond acceptors (Lipinski definition) is 3. The van der Waals surface area contributed by atoms with E-state index >= 15 is 0 Å². The summed E-state index contributed by atoms with van der Waals surface area (Å²) in [5.74, 6) is 0.595. The molecule has 1 saturated carbocycles. The van der Waals surface area contributed by atoms with Gasteiger partial charge >= 0.3 is 0 Å². The second-order valence-corrected chi connectivity index (χ2v) is 9.21. The summed E-state index contributed by atoms with van der Waals surface area (Å²) in [6.07, 6.45) is 3.54. The van der Waals surface area contributed by atoms with Gasteiger partial charge in [0.2, 0.25) is 5.91 Å². The van der Waals surface area contributed by atoms with Crippen molar-refractivity contribution in [1.29, 1.82) is 0 Å². The maximum absolute atomic E-state index is 12.6. The molecule has 2 aliphatic rings. The maximum atomic E-state index is 12.6. The summed E-state index contributed by atoms with van der Waals surface area (Å²) in [5.41, 5.74) is 1.53. The number of carbonyl (C=O) groups excluding carboxylic acids is 2. The van der Waals surface area contributed by atoms with Gasteiger partial charge in [0, 0.05) is 42.5 Å². The van der Waals surface area contributed by atoms with Crippen molar-refractivity contribution in [1.82, 2.24) is 4.90 Å². The molecule has 2 fully saturated rings. The summed E-state index contributed by atoms with van der Waals surface area (Å²) in [4.78, 5) is 25.8. The van der Waals surface area contributed by atoms with Gasteiger partial charge in [-0.3, -0.25) is 9.59 Å². The second kappa shape index (κ2) is 6.07. The predicted octanol–water partition coefficient (Wildman–Crippen LogP) is 2.10. The van der Waals surface area contributed by atoms with Gasteiger partial charge in [0.15, 0.2) is 0 Å². The first kappa shape index (κ1) is 16.2. The number of carbonyl (C=O) groups is 2. The molecule has 2 amide bonds. The molecule has 0 aromatic heterocycles. The molecule has 1 saturated heterocycles. The molecule has 0 spiro atoms. The number of hydrogen-bond donors (Lipinski definition) is 0. The SMILES string of the molecule is Cc1ccc(C(=O)N=S(C)(=O)CC2CN(C(=O)C3CC3)C2)cc1. The molecule has 1 aliphatic carbocycles. The number of rotatable bonds is 4. The maximum Gasteiger partial charge on any atom is 0.285 e. The van der Waals surface area contributed by atoms with E-state index in [0.29, 0.717) is 24.4 Å². The summed E-state index contributed by atoms with van der Waals surface area (Å²) < 4.78 is 16.5. The first-order valence-corrected chi connectivity index (χ1v) is 10.0. The first-order chi connectivity index (χ1) is 10.8. The van der Waals surface area contributed by atoms with E-state index in [1.807, 2.05) is 24.0 Å². The van der Waals surface area contributed by atoms with E-state index in [9.17, 15) is 13.8 Å². The zero-order valence-electron chi connectivity index (χ0n) is 13.5. The van der Waals surface area contributed by atoms with Gasteiger partial charge in [-0.2, -0.15) is 4.36 Å². The number of aryl methyl sites for hydroxylation is 1. The van der Waals surface area contributed by atoms with Gasteiger partial charge < -0.3 is 4.90 Å². The lowest BCUT2D eigenvalue weighted by Gasteiger charge is -2.39. The topological polar surface area (TPSA) is 66.8 Å². The van der Waals surface area contributed by atoms with Crippen molar-refractivity contribution in [2.45, 2.75) is 19.8 Å². The molecule has 0 N–H and O–H groups in total. The van der Waals surface area contributed by atoms with Crippen LogP contribution in [0.5, 0.6) is 0 Å². The Morgan fingerprint density at radius 3 is 2.39 bits per heavy atom. The van der Waals surface area contributed by atoms with Gasteiger partial charge in [0.05, 0.1) is 9.73 Å². The van der Waals surface area contributed by atoms with Crippen molar-refractivity contribution in [2.75, 3.05) is 25.1 Å². The van der Waals surface area contributed by atoms with Crippen LogP contribution in [-0.4, -0.2) is 46.0 Å². The summed E-state index contributed by atoms with van der Waals surface area (Å²) in [7, 11) is -2.57. The standard InChI is InChI=1S/C17H22N2O3S/c1-12-3-5-14(6-4-12)16(20)18-23(2,22)11-13-9-19(10-13)17(21)15-7-8-15/h3-6,13,15H,7-11H2,1-2H3. The molecule has 1 aromatic rings. The predicted molar refractivity (Wildman–Crippen MR) is 89.7 cm³/mol. The van der Waals surface area contributed by atoms with E-state index < -0.39 is 15.6 Å². The molecule has 1 aromatic carbocycles. The lowest BCUT2D eigenvalue weighted by Crippen LogP contribution is -2.52. The van der Waals surface area contributed by atoms with Crippen molar-refractivity contribution in [3.05, 3.63) is 35.4 Å². The van der Waals surface area contributed by atoms with Crippen molar-refractivity contribution in [3.63, 3.8) is 0 Å². The number of nitrogens with zero attached hydrogens (tertiary/aromatic N) is 2. The Labute approximate surface area is 137 Å².